The van der Waals surface area contributed by atoms with Crippen LogP contribution in [0.4, 0.5) is 4.39 Å². The monoisotopic (exact) mass is 292 g/mol. The minimum atomic E-state index is -0.422. The highest BCUT2D eigenvalue weighted by atomic mass is 35.5. The summed E-state index contributed by atoms with van der Waals surface area (Å²) in [7, 11) is 0. The van der Waals surface area contributed by atoms with Gasteiger partial charge in [0.15, 0.2) is 5.78 Å². The molecule has 0 aliphatic rings. The summed E-state index contributed by atoms with van der Waals surface area (Å²) in [5.41, 5.74) is 1.73. The van der Waals surface area contributed by atoms with Crippen molar-refractivity contribution < 1.29 is 13.9 Å². The van der Waals surface area contributed by atoms with Gasteiger partial charge in [-0.25, -0.2) is 4.39 Å². The molecule has 0 atom stereocenters. The number of halogens is 2. The maximum atomic E-state index is 13.6. The fourth-order valence-electron chi connectivity index (χ4n) is 1.86. The van der Waals surface area contributed by atoms with E-state index in [0.717, 1.165) is 5.56 Å². The average Bonchev–Trinajstić information content (AvgIpc) is 2.39. The van der Waals surface area contributed by atoms with Crippen LogP contribution in [0.15, 0.2) is 36.4 Å². The lowest BCUT2D eigenvalue weighted by molar-refractivity contribution is 0.101. The molecule has 2 rings (SSSR count). The smallest absolute Gasteiger partial charge is 0.163 e. The second-order valence-electron chi connectivity index (χ2n) is 4.54. The maximum absolute atomic E-state index is 13.6. The van der Waals surface area contributed by atoms with Crippen molar-refractivity contribution in [3.05, 3.63) is 63.9 Å². The van der Waals surface area contributed by atoms with E-state index < -0.39 is 5.82 Å². The van der Waals surface area contributed by atoms with Crippen LogP contribution in [-0.4, -0.2) is 5.78 Å². The molecule has 2 aromatic rings. The lowest BCUT2D eigenvalue weighted by Gasteiger charge is -2.12. The van der Waals surface area contributed by atoms with Crippen molar-refractivity contribution in [1.29, 1.82) is 0 Å². The van der Waals surface area contributed by atoms with Gasteiger partial charge in [0, 0.05) is 5.56 Å². The molecule has 0 fully saturated rings. The molecule has 0 aromatic heterocycles. The summed E-state index contributed by atoms with van der Waals surface area (Å²) in [6.07, 6.45) is 0. The Morgan fingerprint density at radius 3 is 2.70 bits per heavy atom. The van der Waals surface area contributed by atoms with Gasteiger partial charge in [-0.1, -0.05) is 29.3 Å². The SMILES string of the molecule is CC(=O)c1cc(C)ccc1OCc1c(F)cccc1Cl. The maximum Gasteiger partial charge on any atom is 0.163 e. The van der Waals surface area contributed by atoms with Crippen LogP contribution in [0, 0.1) is 12.7 Å². The van der Waals surface area contributed by atoms with E-state index >= 15 is 0 Å². The molecule has 0 amide bonds. The van der Waals surface area contributed by atoms with Crippen molar-refractivity contribution in [3.63, 3.8) is 0 Å². The molecule has 0 heterocycles. The first-order valence-electron chi connectivity index (χ1n) is 6.16. The molecule has 2 aromatic carbocycles. The summed E-state index contributed by atoms with van der Waals surface area (Å²) in [4.78, 5) is 11.6. The minimum Gasteiger partial charge on any atom is -0.488 e. The van der Waals surface area contributed by atoms with Gasteiger partial charge in [0.25, 0.3) is 0 Å². The summed E-state index contributed by atoms with van der Waals surface area (Å²) >= 11 is 5.94. The normalized spacial score (nSPS) is 10.4. The molecular weight excluding hydrogens is 279 g/mol. The van der Waals surface area contributed by atoms with E-state index in [4.69, 9.17) is 16.3 Å². The number of hydrogen-bond acceptors (Lipinski definition) is 2. The lowest BCUT2D eigenvalue weighted by Crippen LogP contribution is -2.04. The van der Waals surface area contributed by atoms with Gasteiger partial charge in [0.1, 0.15) is 18.2 Å². The van der Waals surface area contributed by atoms with Gasteiger partial charge in [-0.15, -0.1) is 0 Å². The van der Waals surface area contributed by atoms with Crippen LogP contribution in [0.3, 0.4) is 0 Å². The Labute approximate surface area is 122 Å². The summed E-state index contributed by atoms with van der Waals surface area (Å²) in [5.74, 6) is -0.0836. The molecule has 4 heteroatoms. The number of carbonyl (C=O) groups excluding carboxylic acids is 1. The fraction of sp³-hybridized carbons (Fsp3) is 0.188. The number of ketones is 1. The number of carbonyl (C=O) groups is 1. The number of rotatable bonds is 4. The second kappa shape index (κ2) is 6.06. The van der Waals surface area contributed by atoms with Crippen LogP contribution in [-0.2, 0) is 6.61 Å². The number of Topliss-reactive ketones (excluding diaryl/α,β-unsaturated/α-hetero) is 1. The van der Waals surface area contributed by atoms with Crippen LogP contribution < -0.4 is 4.74 Å². The predicted molar refractivity (Wildman–Crippen MR) is 76.9 cm³/mol. The Morgan fingerprint density at radius 1 is 1.30 bits per heavy atom. The highest BCUT2D eigenvalue weighted by Gasteiger charge is 2.12. The van der Waals surface area contributed by atoms with E-state index in [1.54, 1.807) is 18.2 Å². The van der Waals surface area contributed by atoms with Gasteiger partial charge in [-0.05, 0) is 38.1 Å². The first kappa shape index (κ1) is 14.5. The molecule has 0 N–H and O–H groups in total. The molecule has 104 valence electrons. The Morgan fingerprint density at radius 2 is 2.05 bits per heavy atom. The van der Waals surface area contributed by atoms with Gasteiger partial charge >= 0.3 is 0 Å². The standard InChI is InChI=1S/C16H14ClFO2/c1-10-6-7-16(12(8-10)11(2)19)20-9-13-14(17)4-3-5-15(13)18/h3-8H,9H2,1-2H3. The Kier molecular flexibility index (Phi) is 4.40. The summed E-state index contributed by atoms with van der Waals surface area (Å²) in [6.45, 7) is 3.34. The molecule has 0 aliphatic carbocycles. The van der Waals surface area contributed by atoms with Gasteiger partial charge in [0.05, 0.1) is 10.6 Å². The number of ether oxygens (including phenoxy) is 1. The van der Waals surface area contributed by atoms with Crippen molar-refractivity contribution in [1.82, 2.24) is 0 Å². The van der Waals surface area contributed by atoms with Crippen molar-refractivity contribution in [2.24, 2.45) is 0 Å². The van der Waals surface area contributed by atoms with E-state index in [1.807, 2.05) is 13.0 Å². The molecule has 0 aliphatic heterocycles. The fourth-order valence-corrected chi connectivity index (χ4v) is 2.08. The van der Waals surface area contributed by atoms with Crippen LogP contribution >= 0.6 is 11.6 Å². The Bertz CT molecular complexity index is 633. The quantitative estimate of drug-likeness (QED) is 0.772. The van der Waals surface area contributed by atoms with E-state index in [0.29, 0.717) is 16.3 Å². The Hall–Kier alpha value is -1.87. The van der Waals surface area contributed by atoms with Crippen molar-refractivity contribution in [3.8, 4) is 5.75 Å². The molecule has 0 bridgehead atoms. The third-order valence-corrected chi connectivity index (χ3v) is 3.30. The molecule has 0 saturated heterocycles. The largest absolute Gasteiger partial charge is 0.488 e. The topological polar surface area (TPSA) is 26.3 Å². The molecule has 20 heavy (non-hydrogen) atoms. The first-order chi connectivity index (χ1) is 9.49. The third kappa shape index (κ3) is 3.17. The third-order valence-electron chi connectivity index (χ3n) is 2.95. The van der Waals surface area contributed by atoms with Gasteiger partial charge in [-0.2, -0.15) is 0 Å². The molecule has 2 nitrogen and oxygen atoms in total. The van der Waals surface area contributed by atoms with Crippen LogP contribution in [0.1, 0.15) is 28.4 Å². The van der Waals surface area contributed by atoms with Crippen molar-refractivity contribution >= 4 is 17.4 Å². The minimum absolute atomic E-state index is 0.0190. The number of aryl methyl sites for hydroxylation is 1. The molecule has 0 saturated carbocycles. The van der Waals surface area contributed by atoms with Crippen molar-refractivity contribution in [2.75, 3.05) is 0 Å². The number of benzene rings is 2. The second-order valence-corrected chi connectivity index (χ2v) is 4.95. The van der Waals surface area contributed by atoms with Gasteiger partial charge < -0.3 is 4.74 Å². The van der Waals surface area contributed by atoms with Crippen molar-refractivity contribution in [2.45, 2.75) is 20.5 Å². The zero-order valence-corrected chi connectivity index (χ0v) is 12.0. The zero-order valence-electron chi connectivity index (χ0n) is 11.2. The van der Waals surface area contributed by atoms with Crippen LogP contribution in [0.5, 0.6) is 5.75 Å². The highest BCUT2D eigenvalue weighted by molar-refractivity contribution is 6.31. The lowest BCUT2D eigenvalue weighted by atomic mass is 10.1. The Balaban J connectivity index is 2.25. The van der Waals surface area contributed by atoms with E-state index in [-0.39, 0.29) is 18.0 Å². The molecule has 0 unspecified atom stereocenters. The average molecular weight is 293 g/mol. The molecule has 0 radical (unpaired) electrons. The summed E-state index contributed by atoms with van der Waals surface area (Å²) < 4.78 is 19.2. The van der Waals surface area contributed by atoms with Crippen LogP contribution in [0.25, 0.3) is 0 Å². The summed E-state index contributed by atoms with van der Waals surface area (Å²) in [6, 6.07) is 9.76. The first-order valence-corrected chi connectivity index (χ1v) is 6.54. The summed E-state index contributed by atoms with van der Waals surface area (Å²) in [5, 5.41) is 0.307. The van der Waals surface area contributed by atoms with E-state index in [9.17, 15) is 9.18 Å². The van der Waals surface area contributed by atoms with Gasteiger partial charge in [0.2, 0.25) is 0 Å². The molecule has 0 spiro atoms. The predicted octanol–water partition coefficient (Wildman–Crippen LogP) is 4.57. The van der Waals surface area contributed by atoms with Gasteiger partial charge in [-0.3, -0.25) is 4.79 Å². The van der Waals surface area contributed by atoms with E-state index in [1.165, 1.54) is 19.1 Å². The van der Waals surface area contributed by atoms with Crippen LogP contribution in [0.2, 0.25) is 5.02 Å². The zero-order chi connectivity index (χ0) is 14.7. The number of hydrogen-bond donors (Lipinski definition) is 0. The van der Waals surface area contributed by atoms with E-state index in [2.05, 4.69) is 0 Å². The highest BCUT2D eigenvalue weighted by Crippen LogP contribution is 2.25. The molecular formula is C16H14ClFO2.